The lowest BCUT2D eigenvalue weighted by atomic mass is 9.86. The fraction of sp³-hybridized carbons (Fsp3) is 0.567. The van der Waals surface area contributed by atoms with Gasteiger partial charge in [0.15, 0.2) is 11.5 Å². The van der Waals surface area contributed by atoms with Gasteiger partial charge in [-0.05, 0) is 100 Å². The van der Waals surface area contributed by atoms with Gasteiger partial charge in [-0.3, -0.25) is 4.79 Å². The molecule has 3 aromatic rings. The number of ether oxygens (including phenoxy) is 2. The van der Waals surface area contributed by atoms with Crippen molar-refractivity contribution in [2.45, 2.75) is 70.8 Å². The number of aromatic amines is 1. The highest BCUT2D eigenvalue weighted by Gasteiger charge is 2.27. The van der Waals surface area contributed by atoms with Crippen LogP contribution in [0.2, 0.25) is 0 Å². The van der Waals surface area contributed by atoms with Gasteiger partial charge in [0.2, 0.25) is 0 Å². The lowest BCUT2D eigenvalue weighted by molar-refractivity contribution is 0.175. The topological polar surface area (TPSA) is 66.6 Å². The molecule has 37 heavy (non-hydrogen) atoms. The molecule has 0 amide bonds. The predicted octanol–water partition coefficient (Wildman–Crippen LogP) is 5.57. The Balaban J connectivity index is 1.13. The molecule has 7 heteroatoms. The van der Waals surface area contributed by atoms with Crippen LogP contribution in [-0.4, -0.2) is 56.3 Å². The van der Waals surface area contributed by atoms with Crippen molar-refractivity contribution < 1.29 is 9.47 Å². The summed E-state index contributed by atoms with van der Waals surface area (Å²) in [6.07, 6.45) is 10.6. The van der Waals surface area contributed by atoms with E-state index in [-0.39, 0.29) is 4.87 Å². The highest BCUT2D eigenvalue weighted by atomic mass is 32.1. The van der Waals surface area contributed by atoms with Crippen LogP contribution in [0.3, 0.4) is 0 Å². The van der Waals surface area contributed by atoms with Gasteiger partial charge in [0.1, 0.15) is 0 Å². The Hall–Kier alpha value is -2.35. The molecule has 0 fully saturated rings. The van der Waals surface area contributed by atoms with E-state index in [4.69, 9.17) is 9.47 Å². The quantitative estimate of drug-likeness (QED) is 0.254. The van der Waals surface area contributed by atoms with Crippen molar-refractivity contribution in [3.05, 3.63) is 56.7 Å². The van der Waals surface area contributed by atoms with Gasteiger partial charge in [0, 0.05) is 11.6 Å². The van der Waals surface area contributed by atoms with Gasteiger partial charge >= 0.3 is 4.87 Å². The van der Waals surface area contributed by atoms with Crippen LogP contribution in [0.5, 0.6) is 11.5 Å². The number of benzene rings is 2. The van der Waals surface area contributed by atoms with Crippen molar-refractivity contribution in [3.8, 4) is 11.5 Å². The van der Waals surface area contributed by atoms with E-state index in [9.17, 15) is 4.79 Å². The van der Waals surface area contributed by atoms with Crippen molar-refractivity contribution in [1.29, 1.82) is 0 Å². The van der Waals surface area contributed by atoms with Crippen LogP contribution >= 0.6 is 11.3 Å². The number of rotatable bonds is 15. The second-order valence-electron chi connectivity index (χ2n) is 10.1. The average molecular weight is 526 g/mol. The van der Waals surface area contributed by atoms with E-state index in [2.05, 4.69) is 46.4 Å². The zero-order valence-electron chi connectivity index (χ0n) is 22.7. The van der Waals surface area contributed by atoms with Crippen molar-refractivity contribution >= 4 is 21.6 Å². The van der Waals surface area contributed by atoms with Gasteiger partial charge in [0.25, 0.3) is 0 Å². The summed E-state index contributed by atoms with van der Waals surface area (Å²) in [5.41, 5.74) is 4.99. The lowest BCUT2D eigenvalue weighted by Gasteiger charge is -2.36. The fourth-order valence-corrected chi connectivity index (χ4v) is 6.46. The number of thiazole rings is 1. The Bertz CT molecular complexity index is 1190. The number of aromatic nitrogens is 1. The van der Waals surface area contributed by atoms with E-state index in [0.29, 0.717) is 6.04 Å². The first-order chi connectivity index (χ1) is 18.1. The van der Waals surface area contributed by atoms with Crippen LogP contribution in [0.4, 0.5) is 0 Å². The number of H-pyrrole nitrogens is 1. The Morgan fingerprint density at radius 2 is 1.92 bits per heavy atom. The second-order valence-corrected chi connectivity index (χ2v) is 11.1. The molecule has 2 aromatic carbocycles. The summed E-state index contributed by atoms with van der Waals surface area (Å²) in [6.45, 7) is 6.72. The molecule has 1 aromatic heterocycles. The Morgan fingerprint density at radius 3 is 2.73 bits per heavy atom. The molecule has 1 atom stereocenters. The molecule has 1 aliphatic carbocycles. The van der Waals surface area contributed by atoms with E-state index in [1.165, 1.54) is 79.6 Å². The normalized spacial score (nSPS) is 15.3. The van der Waals surface area contributed by atoms with Crippen molar-refractivity contribution in [1.82, 2.24) is 15.2 Å². The maximum Gasteiger partial charge on any atom is 0.305 e. The third-order valence-corrected chi connectivity index (χ3v) is 8.43. The van der Waals surface area contributed by atoms with Gasteiger partial charge in [0.05, 0.1) is 24.4 Å². The highest BCUT2D eigenvalue weighted by molar-refractivity contribution is 7.16. The van der Waals surface area contributed by atoms with Gasteiger partial charge in [-0.2, -0.15) is 0 Å². The Kier molecular flexibility index (Phi) is 10.5. The largest absolute Gasteiger partial charge is 0.493 e. The van der Waals surface area contributed by atoms with Crippen LogP contribution in [0.15, 0.2) is 35.1 Å². The predicted molar refractivity (Wildman–Crippen MR) is 155 cm³/mol. The number of nitrogens with one attached hydrogen (secondary N) is 2. The average Bonchev–Trinajstić information content (AvgIpc) is 3.29. The minimum absolute atomic E-state index is 0.0221. The van der Waals surface area contributed by atoms with Crippen molar-refractivity contribution in [2.75, 3.05) is 40.4 Å². The number of hydrogen-bond donors (Lipinski definition) is 2. The molecule has 4 rings (SSSR count). The summed E-state index contributed by atoms with van der Waals surface area (Å²) >= 11 is 1.29. The zero-order valence-corrected chi connectivity index (χ0v) is 23.6. The van der Waals surface area contributed by atoms with Crippen LogP contribution in [0.25, 0.3) is 10.2 Å². The van der Waals surface area contributed by atoms with Crippen LogP contribution in [0, 0.1) is 0 Å². The van der Waals surface area contributed by atoms with Crippen molar-refractivity contribution in [3.63, 3.8) is 0 Å². The van der Waals surface area contributed by atoms with Crippen molar-refractivity contribution in [2.24, 2.45) is 0 Å². The van der Waals surface area contributed by atoms with Gasteiger partial charge in [-0.15, -0.1) is 0 Å². The monoisotopic (exact) mass is 525 g/mol. The summed E-state index contributed by atoms with van der Waals surface area (Å²) < 4.78 is 12.2. The summed E-state index contributed by atoms with van der Waals surface area (Å²) in [5.74, 6) is 1.77. The first-order valence-electron chi connectivity index (χ1n) is 13.9. The molecular formula is C30H43N3O3S. The molecular weight excluding hydrogens is 482 g/mol. The number of hydrogen-bond acceptors (Lipinski definition) is 6. The maximum absolute atomic E-state index is 11.5. The summed E-state index contributed by atoms with van der Waals surface area (Å²) in [7, 11) is 3.46. The standard InChI is InChI=1S/C30H43N3O3S/c1-4-18-33(24-11-12-25-23(21-24)10-14-27(35-2)29(25)36-3)19-8-6-5-7-16-31-17-15-22-9-13-26-28(20-22)37-30(34)32-26/h9-10,13-14,20,24,31H,4-8,11-12,15-19,21H2,1-3H3,(H,32,34). The number of unbranched alkanes of at least 4 members (excludes halogenated alkanes) is 3. The molecule has 0 radical (unpaired) electrons. The Labute approximate surface area is 225 Å². The van der Waals surface area contributed by atoms with Gasteiger partial charge in [-0.1, -0.05) is 43.2 Å². The number of nitrogens with zero attached hydrogens (tertiary/aromatic N) is 1. The number of fused-ring (bicyclic) bond motifs is 2. The van der Waals surface area contributed by atoms with Gasteiger partial charge in [-0.25, -0.2) is 0 Å². The molecule has 1 heterocycles. The smallest absolute Gasteiger partial charge is 0.305 e. The summed E-state index contributed by atoms with van der Waals surface area (Å²) in [6, 6.07) is 11.2. The summed E-state index contributed by atoms with van der Waals surface area (Å²) in [5, 5.41) is 3.59. The first-order valence-corrected chi connectivity index (χ1v) is 14.7. The van der Waals surface area contributed by atoms with E-state index in [1.54, 1.807) is 14.2 Å². The van der Waals surface area contributed by atoms with Crippen LogP contribution in [0.1, 0.15) is 62.1 Å². The minimum Gasteiger partial charge on any atom is -0.493 e. The highest BCUT2D eigenvalue weighted by Crippen LogP contribution is 2.38. The molecule has 0 aliphatic heterocycles. The first kappa shape index (κ1) is 27.7. The SMILES string of the molecule is CCCN(CCCCCCNCCc1ccc2[nH]c(=O)sc2c1)C1CCc2c(ccc(OC)c2OC)C1. The third-order valence-electron chi connectivity index (χ3n) is 7.58. The molecule has 2 N–H and O–H groups in total. The second kappa shape index (κ2) is 14.0. The number of methoxy groups -OCH3 is 2. The summed E-state index contributed by atoms with van der Waals surface area (Å²) in [4.78, 5) is 17.1. The molecule has 6 nitrogen and oxygen atoms in total. The fourth-order valence-electron chi connectivity index (χ4n) is 5.66. The van der Waals surface area contributed by atoms with E-state index >= 15 is 0 Å². The molecule has 1 unspecified atom stereocenters. The van der Waals surface area contributed by atoms with E-state index in [1.807, 2.05) is 6.07 Å². The molecule has 0 saturated carbocycles. The minimum atomic E-state index is 0.0221. The van der Waals surface area contributed by atoms with E-state index in [0.717, 1.165) is 54.1 Å². The van der Waals surface area contributed by atoms with Gasteiger partial charge < -0.3 is 24.7 Å². The van der Waals surface area contributed by atoms with Crippen LogP contribution in [-0.2, 0) is 19.3 Å². The Morgan fingerprint density at radius 1 is 1.05 bits per heavy atom. The van der Waals surface area contributed by atoms with Crippen LogP contribution < -0.4 is 19.7 Å². The lowest BCUT2D eigenvalue weighted by Crippen LogP contribution is -2.40. The molecule has 0 bridgehead atoms. The molecule has 202 valence electrons. The third kappa shape index (κ3) is 7.37. The molecule has 0 saturated heterocycles. The molecule has 1 aliphatic rings. The maximum atomic E-state index is 11.5. The zero-order chi connectivity index (χ0) is 26.0. The van der Waals surface area contributed by atoms with E-state index < -0.39 is 0 Å². The molecule has 0 spiro atoms.